The lowest BCUT2D eigenvalue weighted by Gasteiger charge is -2.25. The molecule has 1 aliphatic carbocycles. The van der Waals surface area contributed by atoms with Crippen molar-refractivity contribution in [1.29, 1.82) is 0 Å². The number of Topliss-reactive ketones (excluding diaryl/α,β-unsaturated/α-hetero) is 1. The van der Waals surface area contributed by atoms with Gasteiger partial charge in [0.15, 0.2) is 5.78 Å². The molecule has 112 valence electrons. The van der Waals surface area contributed by atoms with Crippen molar-refractivity contribution in [2.45, 2.75) is 44.6 Å². The normalized spacial score (nSPS) is 18.0. The average molecular weight is 286 g/mol. The van der Waals surface area contributed by atoms with Crippen LogP contribution in [0.25, 0.3) is 11.0 Å². The van der Waals surface area contributed by atoms with Crippen LogP contribution in [0.15, 0.2) is 24.3 Å². The van der Waals surface area contributed by atoms with Crippen molar-refractivity contribution in [2.24, 2.45) is 13.0 Å². The lowest BCUT2D eigenvalue weighted by atomic mass is 9.83. The van der Waals surface area contributed by atoms with E-state index < -0.39 is 6.10 Å². The van der Waals surface area contributed by atoms with Crippen molar-refractivity contribution in [2.75, 3.05) is 0 Å². The minimum atomic E-state index is -0.829. The first kappa shape index (κ1) is 14.3. The topological polar surface area (TPSA) is 55.1 Å². The van der Waals surface area contributed by atoms with Gasteiger partial charge < -0.3 is 9.67 Å². The highest BCUT2D eigenvalue weighted by molar-refractivity contribution is 5.86. The third-order valence-corrected chi connectivity index (χ3v) is 4.64. The smallest absolute Gasteiger partial charge is 0.169 e. The largest absolute Gasteiger partial charge is 0.385 e. The summed E-state index contributed by atoms with van der Waals surface area (Å²) in [5, 5.41) is 10.3. The number of aliphatic hydroxyl groups is 1. The van der Waals surface area contributed by atoms with Gasteiger partial charge in [0.25, 0.3) is 0 Å². The number of aliphatic hydroxyl groups excluding tert-OH is 1. The molecule has 21 heavy (non-hydrogen) atoms. The number of hydrogen-bond acceptors (Lipinski definition) is 3. The number of hydrogen-bond donors (Lipinski definition) is 1. The first-order valence-electron chi connectivity index (χ1n) is 7.78. The number of ketones is 1. The molecule has 2 aromatic rings. The van der Waals surface area contributed by atoms with E-state index in [1.54, 1.807) is 0 Å². The molecule has 1 atom stereocenters. The molecule has 0 saturated heterocycles. The Morgan fingerprint density at radius 2 is 2.05 bits per heavy atom. The Bertz CT molecular complexity index is 641. The van der Waals surface area contributed by atoms with E-state index in [-0.39, 0.29) is 18.1 Å². The molecule has 1 unspecified atom stereocenters. The molecule has 1 fully saturated rings. The monoisotopic (exact) mass is 286 g/mol. The van der Waals surface area contributed by atoms with Gasteiger partial charge in [0.2, 0.25) is 0 Å². The number of aryl methyl sites for hydroxylation is 1. The fourth-order valence-electron chi connectivity index (χ4n) is 3.33. The van der Waals surface area contributed by atoms with Crippen molar-refractivity contribution >= 4 is 16.8 Å². The summed E-state index contributed by atoms with van der Waals surface area (Å²) in [5.74, 6) is 0.775. The van der Waals surface area contributed by atoms with Gasteiger partial charge in [-0.1, -0.05) is 31.4 Å². The fraction of sp³-hybridized carbons (Fsp3) is 0.529. The van der Waals surface area contributed by atoms with Gasteiger partial charge in [-0.15, -0.1) is 0 Å². The molecule has 1 aromatic carbocycles. The summed E-state index contributed by atoms with van der Waals surface area (Å²) < 4.78 is 1.95. The third kappa shape index (κ3) is 2.86. The summed E-state index contributed by atoms with van der Waals surface area (Å²) in [7, 11) is 1.92. The van der Waals surface area contributed by atoms with E-state index in [1.165, 1.54) is 6.42 Å². The quantitative estimate of drug-likeness (QED) is 0.940. The van der Waals surface area contributed by atoms with Crippen LogP contribution < -0.4 is 0 Å². The second-order valence-electron chi connectivity index (χ2n) is 6.06. The van der Waals surface area contributed by atoms with Gasteiger partial charge in [0, 0.05) is 7.05 Å². The van der Waals surface area contributed by atoms with Crippen LogP contribution in [0.3, 0.4) is 0 Å². The molecule has 1 N–H and O–H groups in total. The highest BCUT2D eigenvalue weighted by Crippen LogP contribution is 2.27. The van der Waals surface area contributed by atoms with Gasteiger partial charge in [-0.05, 0) is 30.9 Å². The Morgan fingerprint density at radius 1 is 1.33 bits per heavy atom. The molecule has 0 bridgehead atoms. The van der Waals surface area contributed by atoms with E-state index in [9.17, 15) is 9.90 Å². The maximum atomic E-state index is 12.3. The van der Waals surface area contributed by atoms with Crippen LogP contribution in [0.5, 0.6) is 0 Å². The number of carbonyl (C=O) groups is 1. The molecule has 0 spiro atoms. The molecule has 1 aromatic heterocycles. The van der Waals surface area contributed by atoms with E-state index in [1.807, 2.05) is 35.9 Å². The Morgan fingerprint density at radius 3 is 2.76 bits per heavy atom. The van der Waals surface area contributed by atoms with Crippen molar-refractivity contribution in [1.82, 2.24) is 9.55 Å². The summed E-state index contributed by atoms with van der Waals surface area (Å²) >= 11 is 0. The molecular weight excluding hydrogens is 264 g/mol. The molecule has 0 aliphatic heterocycles. The van der Waals surface area contributed by atoms with Gasteiger partial charge >= 0.3 is 0 Å². The Kier molecular flexibility index (Phi) is 4.06. The van der Waals surface area contributed by atoms with Crippen LogP contribution in [0.2, 0.25) is 0 Å². The number of carbonyl (C=O) groups excluding carboxylic acids is 1. The number of benzene rings is 1. The van der Waals surface area contributed by atoms with Crippen molar-refractivity contribution < 1.29 is 9.90 Å². The first-order valence-corrected chi connectivity index (χ1v) is 7.78. The highest BCUT2D eigenvalue weighted by atomic mass is 16.3. The lowest BCUT2D eigenvalue weighted by Crippen LogP contribution is -2.32. The number of para-hydroxylation sites is 2. The predicted molar refractivity (Wildman–Crippen MR) is 82.0 cm³/mol. The van der Waals surface area contributed by atoms with Crippen LogP contribution in [-0.2, 0) is 18.3 Å². The van der Waals surface area contributed by atoms with Gasteiger partial charge in [0.05, 0.1) is 17.5 Å². The van der Waals surface area contributed by atoms with E-state index in [0.717, 1.165) is 42.5 Å². The molecular formula is C17H22N2O2. The summed E-state index contributed by atoms with van der Waals surface area (Å²) in [6, 6.07) is 7.85. The van der Waals surface area contributed by atoms with Gasteiger partial charge in [-0.2, -0.15) is 0 Å². The van der Waals surface area contributed by atoms with Crippen LogP contribution in [0.4, 0.5) is 0 Å². The lowest BCUT2D eigenvalue weighted by molar-refractivity contribution is -0.129. The van der Waals surface area contributed by atoms with Crippen LogP contribution >= 0.6 is 0 Å². The Hall–Kier alpha value is -1.68. The molecule has 3 rings (SSSR count). The molecule has 1 aliphatic rings. The number of nitrogens with zero attached hydrogens (tertiary/aromatic N) is 2. The minimum Gasteiger partial charge on any atom is -0.385 e. The van der Waals surface area contributed by atoms with E-state index in [2.05, 4.69) is 4.98 Å². The second kappa shape index (κ2) is 5.98. The van der Waals surface area contributed by atoms with Crippen LogP contribution in [-0.4, -0.2) is 26.5 Å². The van der Waals surface area contributed by atoms with Crippen molar-refractivity contribution in [3.8, 4) is 0 Å². The first-order chi connectivity index (χ1) is 10.2. The van der Waals surface area contributed by atoms with Crippen LogP contribution in [0.1, 0.15) is 37.9 Å². The summed E-state index contributed by atoms with van der Waals surface area (Å²) in [6.07, 6.45) is 4.79. The molecule has 4 nitrogen and oxygen atoms in total. The Balaban J connectivity index is 1.75. The van der Waals surface area contributed by atoms with Crippen molar-refractivity contribution in [3.63, 3.8) is 0 Å². The maximum Gasteiger partial charge on any atom is 0.169 e. The molecule has 0 radical (unpaired) electrons. The summed E-state index contributed by atoms with van der Waals surface area (Å²) in [5.41, 5.74) is 1.92. The number of rotatable bonds is 4. The number of imidazole rings is 1. The van der Waals surface area contributed by atoms with E-state index in [0.29, 0.717) is 0 Å². The summed E-state index contributed by atoms with van der Waals surface area (Å²) in [4.78, 5) is 16.8. The molecule has 0 amide bonds. The predicted octanol–water partition coefficient (Wildman–Crippen LogP) is 2.63. The fourth-order valence-corrected chi connectivity index (χ4v) is 3.33. The number of aromatic nitrogens is 2. The number of fused-ring (bicyclic) bond motifs is 1. The highest BCUT2D eigenvalue weighted by Gasteiger charge is 2.28. The molecule has 1 heterocycles. The van der Waals surface area contributed by atoms with Gasteiger partial charge in [-0.25, -0.2) is 4.98 Å². The Labute approximate surface area is 124 Å². The van der Waals surface area contributed by atoms with Gasteiger partial charge in [-0.3, -0.25) is 4.79 Å². The van der Waals surface area contributed by atoms with Gasteiger partial charge in [0.1, 0.15) is 11.9 Å². The zero-order valence-corrected chi connectivity index (χ0v) is 12.5. The van der Waals surface area contributed by atoms with Crippen LogP contribution in [0, 0.1) is 5.92 Å². The second-order valence-corrected chi connectivity index (χ2v) is 6.06. The van der Waals surface area contributed by atoms with E-state index >= 15 is 0 Å². The minimum absolute atomic E-state index is 0.0969. The maximum absolute atomic E-state index is 12.3. The van der Waals surface area contributed by atoms with E-state index in [4.69, 9.17) is 0 Å². The van der Waals surface area contributed by atoms with Crippen molar-refractivity contribution in [3.05, 3.63) is 30.1 Å². The summed E-state index contributed by atoms with van der Waals surface area (Å²) in [6.45, 7) is 0. The third-order valence-electron chi connectivity index (χ3n) is 4.64. The SMILES string of the molecule is Cn1c(CC(=O)C(O)C2CCCCC2)nc2ccccc21. The average Bonchev–Trinajstić information content (AvgIpc) is 2.84. The molecule has 1 saturated carbocycles. The molecule has 4 heteroatoms. The zero-order chi connectivity index (χ0) is 14.8. The zero-order valence-electron chi connectivity index (χ0n) is 12.5. The standard InChI is InChI=1S/C17H22N2O2/c1-19-14-10-6-5-9-13(14)18-16(19)11-15(20)17(21)12-7-3-2-4-8-12/h5-6,9-10,12,17,21H,2-4,7-8,11H2,1H3.